The number of nitrogens with one attached hydrogen (secondary N) is 1. The summed E-state index contributed by atoms with van der Waals surface area (Å²) in [6.07, 6.45) is 1.09. The molecule has 1 atom stereocenters. The number of benzene rings is 1. The van der Waals surface area contributed by atoms with Gasteiger partial charge in [0.1, 0.15) is 0 Å². The van der Waals surface area contributed by atoms with Crippen LogP contribution < -0.4 is 5.32 Å². The van der Waals surface area contributed by atoms with Crippen LogP contribution in [0.4, 0.5) is 0 Å². The van der Waals surface area contributed by atoms with Gasteiger partial charge >= 0.3 is 0 Å². The number of hydrogen-bond acceptors (Lipinski definition) is 2. The Bertz CT molecular complexity index is 368. The Morgan fingerprint density at radius 2 is 1.56 bits per heavy atom. The highest BCUT2D eigenvalue weighted by Gasteiger charge is 2.20. The summed E-state index contributed by atoms with van der Waals surface area (Å²) < 4.78 is 0. The summed E-state index contributed by atoms with van der Waals surface area (Å²) in [4.78, 5) is 0. The van der Waals surface area contributed by atoms with Gasteiger partial charge in [-0.2, -0.15) is 0 Å². The predicted octanol–water partition coefficient (Wildman–Crippen LogP) is 3.61. The zero-order valence-corrected chi connectivity index (χ0v) is 12.5. The van der Waals surface area contributed by atoms with Crippen molar-refractivity contribution in [3.05, 3.63) is 35.4 Å². The third-order valence-corrected chi connectivity index (χ3v) is 3.18. The van der Waals surface area contributed by atoms with E-state index in [4.69, 9.17) is 0 Å². The molecule has 0 aliphatic rings. The van der Waals surface area contributed by atoms with Crippen LogP contribution in [0.25, 0.3) is 0 Å². The maximum atomic E-state index is 9.95. The van der Waals surface area contributed by atoms with Crippen molar-refractivity contribution in [2.45, 2.75) is 52.7 Å². The van der Waals surface area contributed by atoms with Crippen LogP contribution in [0.1, 0.15) is 58.2 Å². The first-order valence-electron chi connectivity index (χ1n) is 6.63. The van der Waals surface area contributed by atoms with Crippen LogP contribution in [0.15, 0.2) is 24.3 Å². The molecule has 2 heteroatoms. The molecule has 0 bridgehead atoms. The second-order valence-electron chi connectivity index (χ2n) is 6.79. The molecule has 0 aliphatic carbocycles. The Morgan fingerprint density at radius 1 is 1.06 bits per heavy atom. The maximum absolute atomic E-state index is 9.95. The Labute approximate surface area is 111 Å². The molecule has 0 saturated carbocycles. The van der Waals surface area contributed by atoms with Crippen LogP contribution in [0.3, 0.4) is 0 Å². The minimum Gasteiger partial charge on any atom is -0.386 e. The molecule has 0 aliphatic heterocycles. The summed E-state index contributed by atoms with van der Waals surface area (Å²) in [6.45, 7) is 10.4. The van der Waals surface area contributed by atoms with Crippen LogP contribution in [-0.2, 0) is 5.60 Å². The second-order valence-corrected chi connectivity index (χ2v) is 6.79. The van der Waals surface area contributed by atoms with Gasteiger partial charge in [-0.15, -0.1) is 0 Å². The van der Waals surface area contributed by atoms with Crippen molar-refractivity contribution in [1.82, 2.24) is 5.32 Å². The normalized spacial score (nSPS) is 14.6. The number of hydrogen-bond donors (Lipinski definition) is 2. The lowest BCUT2D eigenvalue weighted by Gasteiger charge is -2.27. The molecular formula is C16H27NO. The lowest BCUT2D eigenvalue weighted by Crippen LogP contribution is -2.23. The minimum atomic E-state index is -0.766. The summed E-state index contributed by atoms with van der Waals surface area (Å²) >= 11 is 0. The molecule has 1 aromatic carbocycles. The lowest BCUT2D eigenvalue weighted by molar-refractivity contribution is 0.0785. The topological polar surface area (TPSA) is 32.3 Å². The fourth-order valence-corrected chi connectivity index (χ4v) is 2.12. The second kappa shape index (κ2) is 5.41. The van der Waals surface area contributed by atoms with E-state index >= 15 is 0 Å². The van der Waals surface area contributed by atoms with Gasteiger partial charge < -0.3 is 10.4 Å². The zero-order valence-electron chi connectivity index (χ0n) is 12.5. The molecule has 2 nitrogen and oxygen atoms in total. The highest BCUT2D eigenvalue weighted by atomic mass is 16.3. The molecule has 0 spiro atoms. The third kappa shape index (κ3) is 4.43. The van der Waals surface area contributed by atoms with E-state index in [1.165, 1.54) is 5.56 Å². The summed E-state index contributed by atoms with van der Waals surface area (Å²) in [5, 5.41) is 13.3. The Balaban J connectivity index is 2.89. The largest absolute Gasteiger partial charge is 0.386 e. The van der Waals surface area contributed by atoms with Gasteiger partial charge in [0.2, 0.25) is 0 Å². The first-order valence-corrected chi connectivity index (χ1v) is 6.63. The minimum absolute atomic E-state index is 0.294. The quantitative estimate of drug-likeness (QED) is 0.854. The molecule has 0 saturated heterocycles. The Hall–Kier alpha value is -0.860. The van der Waals surface area contributed by atoms with Gasteiger partial charge in [0.25, 0.3) is 0 Å². The Morgan fingerprint density at radius 3 is 1.89 bits per heavy atom. The van der Waals surface area contributed by atoms with Crippen molar-refractivity contribution in [1.29, 1.82) is 0 Å². The Kier molecular flexibility index (Phi) is 4.57. The molecule has 1 aromatic rings. The van der Waals surface area contributed by atoms with E-state index in [9.17, 15) is 5.11 Å². The van der Waals surface area contributed by atoms with Gasteiger partial charge in [-0.25, -0.2) is 0 Å². The number of aliphatic hydroxyl groups is 1. The van der Waals surface area contributed by atoms with Crippen LogP contribution >= 0.6 is 0 Å². The van der Waals surface area contributed by atoms with Crippen LogP contribution in [-0.4, -0.2) is 12.2 Å². The summed E-state index contributed by atoms with van der Waals surface area (Å²) in [5.74, 6) is 0. The van der Waals surface area contributed by atoms with E-state index in [1.54, 1.807) is 0 Å². The van der Waals surface area contributed by atoms with E-state index in [1.807, 2.05) is 33.0 Å². The fraction of sp³-hybridized carbons (Fsp3) is 0.625. The molecule has 2 N–H and O–H groups in total. The summed E-state index contributed by atoms with van der Waals surface area (Å²) in [7, 11) is 2.00. The highest BCUT2D eigenvalue weighted by Crippen LogP contribution is 2.30. The molecule has 0 heterocycles. The first-order chi connectivity index (χ1) is 8.13. The van der Waals surface area contributed by atoms with E-state index in [0.29, 0.717) is 11.5 Å². The average molecular weight is 249 g/mol. The molecule has 0 amide bonds. The molecular weight excluding hydrogens is 222 g/mol. The summed E-state index contributed by atoms with van der Waals surface area (Å²) in [6, 6.07) is 8.62. The fourth-order valence-electron chi connectivity index (χ4n) is 2.12. The van der Waals surface area contributed by atoms with Crippen molar-refractivity contribution >= 4 is 0 Å². The standard InChI is InChI=1S/C16H27NO/c1-15(2,3)11-14(17-6)12-7-9-13(10-8-12)16(4,5)18/h7-10,14,17-18H,11H2,1-6H3. The van der Waals surface area contributed by atoms with Gasteiger partial charge in [-0.05, 0) is 43.9 Å². The molecule has 18 heavy (non-hydrogen) atoms. The molecule has 102 valence electrons. The van der Waals surface area contributed by atoms with Crippen molar-refractivity contribution in [2.75, 3.05) is 7.05 Å². The average Bonchev–Trinajstić information content (AvgIpc) is 2.24. The van der Waals surface area contributed by atoms with Crippen molar-refractivity contribution in [2.24, 2.45) is 5.41 Å². The van der Waals surface area contributed by atoms with Crippen LogP contribution in [0.5, 0.6) is 0 Å². The van der Waals surface area contributed by atoms with E-state index < -0.39 is 5.60 Å². The molecule has 0 radical (unpaired) electrons. The maximum Gasteiger partial charge on any atom is 0.0840 e. The highest BCUT2D eigenvalue weighted by molar-refractivity contribution is 5.28. The van der Waals surface area contributed by atoms with E-state index in [0.717, 1.165) is 12.0 Å². The monoisotopic (exact) mass is 249 g/mol. The van der Waals surface area contributed by atoms with E-state index in [2.05, 4.69) is 38.2 Å². The van der Waals surface area contributed by atoms with E-state index in [-0.39, 0.29) is 0 Å². The lowest BCUT2D eigenvalue weighted by atomic mass is 9.85. The van der Waals surface area contributed by atoms with Crippen LogP contribution in [0, 0.1) is 5.41 Å². The van der Waals surface area contributed by atoms with Gasteiger partial charge in [-0.1, -0.05) is 45.0 Å². The van der Waals surface area contributed by atoms with Crippen molar-refractivity contribution in [3.8, 4) is 0 Å². The molecule has 0 fully saturated rings. The van der Waals surface area contributed by atoms with Gasteiger partial charge in [0.05, 0.1) is 5.60 Å². The SMILES string of the molecule is CNC(CC(C)(C)C)c1ccc(C(C)(C)O)cc1. The third-order valence-electron chi connectivity index (χ3n) is 3.18. The molecule has 1 rings (SSSR count). The van der Waals surface area contributed by atoms with Gasteiger partial charge in [0, 0.05) is 6.04 Å². The zero-order chi connectivity index (χ0) is 14.0. The first kappa shape index (κ1) is 15.2. The summed E-state index contributed by atoms with van der Waals surface area (Å²) in [5.41, 5.74) is 1.76. The van der Waals surface area contributed by atoms with Crippen molar-refractivity contribution in [3.63, 3.8) is 0 Å². The smallest absolute Gasteiger partial charge is 0.0840 e. The van der Waals surface area contributed by atoms with Gasteiger partial charge in [0.15, 0.2) is 0 Å². The van der Waals surface area contributed by atoms with Crippen LogP contribution in [0.2, 0.25) is 0 Å². The van der Waals surface area contributed by atoms with Gasteiger partial charge in [-0.3, -0.25) is 0 Å². The predicted molar refractivity (Wildman–Crippen MR) is 77.6 cm³/mol. The number of rotatable bonds is 4. The van der Waals surface area contributed by atoms with Crippen molar-refractivity contribution < 1.29 is 5.11 Å². The molecule has 0 aromatic heterocycles. The molecule has 1 unspecified atom stereocenters.